The van der Waals surface area contributed by atoms with Gasteiger partial charge in [0.2, 0.25) is 0 Å². The summed E-state index contributed by atoms with van der Waals surface area (Å²) < 4.78 is 25.2. The molecule has 132 valence electrons. The molecule has 0 aliphatic carbocycles. The van der Waals surface area contributed by atoms with E-state index in [-0.39, 0.29) is 31.5 Å². The summed E-state index contributed by atoms with van der Waals surface area (Å²) in [7, 11) is 1.89. The summed E-state index contributed by atoms with van der Waals surface area (Å²) in [6.45, 7) is 4.11. The summed E-state index contributed by atoms with van der Waals surface area (Å²) in [4.78, 5) is 12.2. The SMILES string of the molecule is CCOC(=O)c1c(C)n(C)c2ccc(OC/C(=C\F)CN)cc12.Cl. The van der Waals surface area contributed by atoms with Crippen molar-refractivity contribution in [3.05, 3.63) is 41.4 Å². The van der Waals surface area contributed by atoms with Crippen LogP contribution in [0.1, 0.15) is 23.0 Å². The standard InChI is InChI=1S/C17H21FN2O3.ClH/c1-4-22-17(21)16-11(2)20(3)15-6-5-13(7-14(15)16)23-10-12(8-18)9-19;/h5-8H,4,9-10,19H2,1-3H3;1H/b12-8-;. The summed E-state index contributed by atoms with van der Waals surface area (Å²) in [5.74, 6) is 0.181. The molecule has 7 heteroatoms. The van der Waals surface area contributed by atoms with Crippen molar-refractivity contribution in [1.29, 1.82) is 0 Å². The van der Waals surface area contributed by atoms with Gasteiger partial charge in [0.15, 0.2) is 0 Å². The number of fused-ring (bicyclic) bond motifs is 1. The topological polar surface area (TPSA) is 66.5 Å². The number of carbonyl (C=O) groups excluding carboxylic acids is 1. The molecule has 2 N–H and O–H groups in total. The van der Waals surface area contributed by atoms with Gasteiger partial charge in [-0.15, -0.1) is 12.4 Å². The lowest BCUT2D eigenvalue weighted by molar-refractivity contribution is 0.0527. The first-order valence-electron chi connectivity index (χ1n) is 7.40. The third-order valence-corrected chi connectivity index (χ3v) is 3.78. The third-order valence-electron chi connectivity index (χ3n) is 3.78. The van der Waals surface area contributed by atoms with Crippen molar-refractivity contribution in [1.82, 2.24) is 4.57 Å². The Balaban J connectivity index is 0.00000288. The number of aromatic nitrogens is 1. The van der Waals surface area contributed by atoms with Gasteiger partial charge in [-0.3, -0.25) is 0 Å². The van der Waals surface area contributed by atoms with E-state index in [0.29, 0.717) is 29.8 Å². The molecule has 2 aromatic rings. The number of aryl methyl sites for hydroxylation is 1. The molecule has 0 radical (unpaired) electrons. The molecule has 0 atom stereocenters. The van der Waals surface area contributed by atoms with Gasteiger partial charge >= 0.3 is 5.97 Å². The zero-order valence-electron chi connectivity index (χ0n) is 14.0. The maximum Gasteiger partial charge on any atom is 0.340 e. The average molecular weight is 357 g/mol. The van der Waals surface area contributed by atoms with E-state index in [0.717, 1.165) is 16.6 Å². The summed E-state index contributed by atoms with van der Waals surface area (Å²) in [6.07, 6.45) is 0.454. The van der Waals surface area contributed by atoms with Crippen molar-refractivity contribution in [2.75, 3.05) is 19.8 Å². The minimum Gasteiger partial charge on any atom is -0.489 e. The van der Waals surface area contributed by atoms with Crippen LogP contribution in [0.3, 0.4) is 0 Å². The summed E-state index contributed by atoms with van der Waals surface area (Å²) in [5.41, 5.74) is 8.01. The van der Waals surface area contributed by atoms with Crippen LogP contribution >= 0.6 is 12.4 Å². The first kappa shape index (κ1) is 20.0. The van der Waals surface area contributed by atoms with E-state index in [1.54, 1.807) is 19.1 Å². The van der Waals surface area contributed by atoms with Crippen LogP contribution in [0.5, 0.6) is 5.75 Å². The fourth-order valence-corrected chi connectivity index (χ4v) is 2.41. The maximum atomic E-state index is 12.5. The molecule has 0 fully saturated rings. The zero-order valence-corrected chi connectivity index (χ0v) is 14.8. The monoisotopic (exact) mass is 356 g/mol. The van der Waals surface area contributed by atoms with E-state index in [2.05, 4.69) is 0 Å². The molecule has 24 heavy (non-hydrogen) atoms. The second kappa shape index (κ2) is 8.70. The van der Waals surface area contributed by atoms with Gasteiger partial charge < -0.3 is 19.8 Å². The smallest absolute Gasteiger partial charge is 0.340 e. The number of benzene rings is 1. The lowest BCUT2D eigenvalue weighted by Gasteiger charge is -2.08. The number of hydrogen-bond acceptors (Lipinski definition) is 4. The maximum absolute atomic E-state index is 12.5. The van der Waals surface area contributed by atoms with Gasteiger partial charge in [0.05, 0.1) is 18.5 Å². The summed E-state index contributed by atoms with van der Waals surface area (Å²) in [6, 6.07) is 5.41. The highest BCUT2D eigenvalue weighted by Gasteiger charge is 2.20. The van der Waals surface area contributed by atoms with E-state index < -0.39 is 0 Å². The number of rotatable bonds is 6. The van der Waals surface area contributed by atoms with Crippen LogP contribution in [0.25, 0.3) is 10.9 Å². The number of carbonyl (C=O) groups is 1. The van der Waals surface area contributed by atoms with Gasteiger partial charge in [-0.05, 0) is 32.0 Å². The molecule has 5 nitrogen and oxygen atoms in total. The normalized spacial score (nSPS) is 11.3. The van der Waals surface area contributed by atoms with Gasteiger partial charge in [-0.2, -0.15) is 0 Å². The highest BCUT2D eigenvalue weighted by molar-refractivity contribution is 6.06. The Morgan fingerprint density at radius 1 is 1.42 bits per heavy atom. The number of nitrogens with zero attached hydrogens (tertiary/aromatic N) is 1. The highest BCUT2D eigenvalue weighted by Crippen LogP contribution is 2.29. The predicted molar refractivity (Wildman–Crippen MR) is 94.6 cm³/mol. The molecular weight excluding hydrogens is 335 g/mol. The quantitative estimate of drug-likeness (QED) is 0.807. The predicted octanol–water partition coefficient (Wildman–Crippen LogP) is 3.28. The van der Waals surface area contributed by atoms with Gasteiger partial charge in [0.25, 0.3) is 0 Å². The van der Waals surface area contributed by atoms with Crippen molar-refractivity contribution < 1.29 is 18.7 Å². The van der Waals surface area contributed by atoms with Crippen LogP contribution in [-0.2, 0) is 11.8 Å². The molecule has 1 heterocycles. The van der Waals surface area contributed by atoms with Crippen LogP contribution in [0, 0.1) is 6.92 Å². The molecule has 0 saturated heterocycles. The van der Waals surface area contributed by atoms with Gasteiger partial charge in [-0.1, -0.05) is 0 Å². The van der Waals surface area contributed by atoms with Crippen LogP contribution < -0.4 is 10.5 Å². The largest absolute Gasteiger partial charge is 0.489 e. The number of hydrogen-bond donors (Lipinski definition) is 1. The van der Waals surface area contributed by atoms with Crippen molar-refractivity contribution >= 4 is 29.3 Å². The van der Waals surface area contributed by atoms with Gasteiger partial charge in [0.1, 0.15) is 12.4 Å². The second-order valence-corrected chi connectivity index (χ2v) is 5.18. The molecule has 0 unspecified atom stereocenters. The minimum absolute atomic E-state index is 0. The molecular formula is C17H22ClFN2O3. The zero-order chi connectivity index (χ0) is 17.0. The van der Waals surface area contributed by atoms with Crippen molar-refractivity contribution in [2.45, 2.75) is 13.8 Å². The first-order valence-corrected chi connectivity index (χ1v) is 7.40. The Labute approximate surface area is 146 Å². The van der Waals surface area contributed by atoms with E-state index >= 15 is 0 Å². The number of ether oxygens (including phenoxy) is 2. The van der Waals surface area contributed by atoms with E-state index in [4.69, 9.17) is 15.2 Å². The Kier molecular flexibility index (Phi) is 7.25. The van der Waals surface area contributed by atoms with Crippen molar-refractivity contribution in [3.63, 3.8) is 0 Å². The number of esters is 1. The molecule has 0 bridgehead atoms. The Bertz CT molecular complexity index is 756. The first-order chi connectivity index (χ1) is 11.0. The Morgan fingerprint density at radius 2 is 2.12 bits per heavy atom. The van der Waals surface area contributed by atoms with Crippen LogP contribution in [0.4, 0.5) is 4.39 Å². The molecule has 0 amide bonds. The molecule has 2 rings (SSSR count). The molecule has 0 saturated carbocycles. The van der Waals surface area contributed by atoms with Crippen LogP contribution in [0.2, 0.25) is 0 Å². The van der Waals surface area contributed by atoms with Gasteiger partial charge in [-0.25, -0.2) is 9.18 Å². The Hall–Kier alpha value is -2.05. The fourth-order valence-electron chi connectivity index (χ4n) is 2.41. The highest BCUT2D eigenvalue weighted by atomic mass is 35.5. The lowest BCUT2D eigenvalue weighted by Crippen LogP contribution is -2.10. The number of nitrogens with two attached hydrogens (primary N) is 1. The summed E-state index contributed by atoms with van der Waals surface area (Å²) in [5, 5.41) is 0.750. The van der Waals surface area contributed by atoms with Crippen LogP contribution in [0.15, 0.2) is 30.1 Å². The Morgan fingerprint density at radius 3 is 2.71 bits per heavy atom. The third kappa shape index (κ3) is 3.88. The van der Waals surface area contributed by atoms with E-state index in [1.807, 2.05) is 24.6 Å². The minimum atomic E-state index is -0.362. The summed E-state index contributed by atoms with van der Waals surface area (Å²) >= 11 is 0. The molecule has 0 aliphatic heterocycles. The lowest BCUT2D eigenvalue weighted by atomic mass is 10.1. The number of halogens is 2. The van der Waals surface area contributed by atoms with Crippen molar-refractivity contribution in [3.8, 4) is 5.75 Å². The molecule has 0 aliphatic rings. The van der Waals surface area contributed by atoms with Gasteiger partial charge in [0, 0.05) is 35.8 Å². The van der Waals surface area contributed by atoms with E-state index in [1.165, 1.54) is 0 Å². The van der Waals surface area contributed by atoms with E-state index in [9.17, 15) is 9.18 Å². The van der Waals surface area contributed by atoms with Crippen LogP contribution in [-0.4, -0.2) is 30.3 Å². The molecule has 1 aromatic carbocycles. The van der Waals surface area contributed by atoms with Crippen molar-refractivity contribution in [2.24, 2.45) is 12.8 Å². The average Bonchev–Trinajstić information content (AvgIpc) is 2.79. The molecule has 1 aromatic heterocycles. The fraction of sp³-hybridized carbons (Fsp3) is 0.353. The molecule has 0 spiro atoms. The second-order valence-electron chi connectivity index (χ2n) is 5.18.